The Morgan fingerprint density at radius 3 is 2.40 bits per heavy atom. The number of ether oxygens (including phenoxy) is 1. The predicted octanol–water partition coefficient (Wildman–Crippen LogP) is 2.93. The van der Waals surface area contributed by atoms with E-state index in [1.165, 1.54) is 23.0 Å². The second-order valence-electron chi connectivity index (χ2n) is 4.76. The Labute approximate surface area is 138 Å². The summed E-state index contributed by atoms with van der Waals surface area (Å²) >= 11 is 0. The summed E-state index contributed by atoms with van der Waals surface area (Å²) in [5.41, 5.74) is 0.391. The van der Waals surface area contributed by atoms with Gasteiger partial charge in [0.05, 0.1) is 11.4 Å². The molecular weight excluding hydrogens is 341 g/mol. The average Bonchev–Trinajstić information content (AvgIpc) is 3.00. The number of aromatic nitrogens is 4. The third-order valence-corrected chi connectivity index (χ3v) is 3.10. The Morgan fingerprint density at radius 1 is 1.12 bits per heavy atom. The zero-order valence-electron chi connectivity index (χ0n) is 12.3. The van der Waals surface area contributed by atoms with E-state index in [1.54, 1.807) is 18.2 Å². The van der Waals surface area contributed by atoms with Gasteiger partial charge in [0.25, 0.3) is 0 Å². The predicted molar refractivity (Wildman–Crippen MR) is 78.2 cm³/mol. The molecule has 1 aromatic carbocycles. The standard InChI is InChI=1S/C15H9F3N4O3/c16-15(17,18)25-10-6-4-9(5-7-10)22-13(11-3-1-2-8-19-11)12(14(23)24)20-21-22/h1-8H,(H,23,24). The van der Waals surface area contributed by atoms with Gasteiger partial charge in [-0.25, -0.2) is 9.48 Å². The van der Waals surface area contributed by atoms with Crippen LogP contribution in [0, 0.1) is 0 Å². The highest BCUT2D eigenvalue weighted by atomic mass is 19.4. The van der Waals surface area contributed by atoms with E-state index in [9.17, 15) is 23.1 Å². The van der Waals surface area contributed by atoms with Crippen LogP contribution in [-0.2, 0) is 0 Å². The van der Waals surface area contributed by atoms with E-state index in [-0.39, 0.29) is 11.4 Å². The number of carboxylic acid groups (broad SMARTS) is 1. The van der Waals surface area contributed by atoms with Gasteiger partial charge >= 0.3 is 12.3 Å². The summed E-state index contributed by atoms with van der Waals surface area (Å²) in [7, 11) is 0. The monoisotopic (exact) mass is 350 g/mol. The fourth-order valence-corrected chi connectivity index (χ4v) is 2.13. The molecule has 0 amide bonds. The molecule has 3 rings (SSSR count). The molecule has 10 heteroatoms. The first kappa shape index (κ1) is 16.4. The van der Waals surface area contributed by atoms with Gasteiger partial charge in [-0.1, -0.05) is 11.3 Å². The van der Waals surface area contributed by atoms with Crippen LogP contribution in [0.15, 0.2) is 48.7 Å². The number of carboxylic acids is 1. The third kappa shape index (κ3) is 3.57. The third-order valence-electron chi connectivity index (χ3n) is 3.10. The Bertz CT molecular complexity index is 893. The molecule has 0 bridgehead atoms. The molecule has 7 nitrogen and oxygen atoms in total. The lowest BCUT2D eigenvalue weighted by atomic mass is 10.2. The van der Waals surface area contributed by atoms with Gasteiger partial charge in [-0.3, -0.25) is 4.98 Å². The van der Waals surface area contributed by atoms with Crippen LogP contribution in [-0.4, -0.2) is 37.4 Å². The number of hydrogen-bond acceptors (Lipinski definition) is 5. The Kier molecular flexibility index (Phi) is 4.09. The van der Waals surface area contributed by atoms with Gasteiger partial charge < -0.3 is 9.84 Å². The molecule has 0 saturated heterocycles. The number of aromatic carboxylic acids is 1. The quantitative estimate of drug-likeness (QED) is 0.778. The zero-order chi connectivity index (χ0) is 18.0. The molecule has 2 heterocycles. The molecule has 1 N–H and O–H groups in total. The molecule has 3 aromatic rings. The van der Waals surface area contributed by atoms with Gasteiger partial charge in [0, 0.05) is 6.20 Å². The summed E-state index contributed by atoms with van der Waals surface area (Å²) in [6.07, 6.45) is -3.33. The molecule has 0 aliphatic carbocycles. The Morgan fingerprint density at radius 2 is 1.84 bits per heavy atom. The van der Waals surface area contributed by atoms with E-state index < -0.39 is 18.1 Å². The number of nitrogens with zero attached hydrogens (tertiary/aromatic N) is 4. The largest absolute Gasteiger partial charge is 0.573 e. The maximum Gasteiger partial charge on any atom is 0.573 e. The van der Waals surface area contributed by atoms with Crippen LogP contribution in [0.2, 0.25) is 0 Å². The van der Waals surface area contributed by atoms with Gasteiger partial charge in [0.1, 0.15) is 11.4 Å². The van der Waals surface area contributed by atoms with Crippen LogP contribution in [0.5, 0.6) is 5.75 Å². The molecule has 0 aliphatic rings. The topological polar surface area (TPSA) is 90.1 Å². The summed E-state index contributed by atoms with van der Waals surface area (Å²) < 4.78 is 41.6. The van der Waals surface area contributed by atoms with Crippen LogP contribution in [0.1, 0.15) is 10.5 Å². The lowest BCUT2D eigenvalue weighted by Gasteiger charge is -2.10. The molecule has 0 aliphatic heterocycles. The van der Waals surface area contributed by atoms with E-state index in [1.807, 2.05) is 0 Å². The maximum absolute atomic E-state index is 12.2. The van der Waals surface area contributed by atoms with E-state index in [0.29, 0.717) is 11.4 Å². The first-order valence-corrected chi connectivity index (χ1v) is 6.82. The van der Waals surface area contributed by atoms with E-state index >= 15 is 0 Å². The van der Waals surface area contributed by atoms with Crippen molar-refractivity contribution in [3.05, 3.63) is 54.4 Å². The van der Waals surface area contributed by atoms with Gasteiger partial charge in [-0.2, -0.15) is 0 Å². The minimum absolute atomic E-state index is 0.109. The van der Waals surface area contributed by atoms with E-state index in [2.05, 4.69) is 20.0 Å². The molecule has 128 valence electrons. The second kappa shape index (κ2) is 6.23. The number of benzene rings is 1. The SMILES string of the molecule is O=C(O)c1nnn(-c2ccc(OC(F)(F)F)cc2)c1-c1ccccn1. The van der Waals surface area contributed by atoms with Crippen molar-refractivity contribution in [1.29, 1.82) is 0 Å². The summed E-state index contributed by atoms with van der Waals surface area (Å²) in [6.45, 7) is 0. The van der Waals surface area contributed by atoms with Crippen LogP contribution in [0.4, 0.5) is 13.2 Å². The zero-order valence-corrected chi connectivity index (χ0v) is 12.3. The van der Waals surface area contributed by atoms with Crippen molar-refractivity contribution in [3.8, 4) is 22.8 Å². The Hall–Kier alpha value is -3.43. The first-order valence-electron chi connectivity index (χ1n) is 6.82. The molecule has 0 fully saturated rings. The van der Waals surface area contributed by atoms with Crippen LogP contribution >= 0.6 is 0 Å². The fraction of sp³-hybridized carbons (Fsp3) is 0.0667. The smallest absolute Gasteiger partial charge is 0.476 e. The summed E-state index contributed by atoms with van der Waals surface area (Å²) in [6, 6.07) is 9.66. The minimum atomic E-state index is -4.80. The highest BCUT2D eigenvalue weighted by molar-refractivity contribution is 5.92. The van der Waals surface area contributed by atoms with Crippen molar-refractivity contribution >= 4 is 5.97 Å². The average molecular weight is 350 g/mol. The molecule has 0 spiro atoms. The van der Waals surface area contributed by atoms with Crippen LogP contribution < -0.4 is 4.74 Å². The van der Waals surface area contributed by atoms with Crippen LogP contribution in [0.3, 0.4) is 0 Å². The summed E-state index contributed by atoms with van der Waals surface area (Å²) in [4.78, 5) is 15.4. The second-order valence-corrected chi connectivity index (χ2v) is 4.76. The lowest BCUT2D eigenvalue weighted by molar-refractivity contribution is -0.274. The van der Waals surface area contributed by atoms with Crippen molar-refractivity contribution in [2.75, 3.05) is 0 Å². The highest BCUT2D eigenvalue weighted by Gasteiger charge is 2.31. The first-order chi connectivity index (χ1) is 11.8. The van der Waals surface area contributed by atoms with E-state index in [4.69, 9.17) is 0 Å². The van der Waals surface area contributed by atoms with E-state index in [0.717, 1.165) is 12.1 Å². The van der Waals surface area contributed by atoms with Crippen molar-refractivity contribution in [1.82, 2.24) is 20.0 Å². The maximum atomic E-state index is 12.2. The normalized spacial score (nSPS) is 11.3. The van der Waals surface area contributed by atoms with Gasteiger partial charge in [-0.15, -0.1) is 18.3 Å². The minimum Gasteiger partial charge on any atom is -0.476 e. The van der Waals surface area contributed by atoms with Crippen LogP contribution in [0.25, 0.3) is 17.1 Å². The molecule has 0 unspecified atom stereocenters. The molecule has 0 radical (unpaired) electrons. The van der Waals surface area contributed by atoms with Gasteiger partial charge in [-0.05, 0) is 36.4 Å². The van der Waals surface area contributed by atoms with Crippen molar-refractivity contribution in [2.45, 2.75) is 6.36 Å². The van der Waals surface area contributed by atoms with Gasteiger partial charge in [0.2, 0.25) is 0 Å². The number of rotatable bonds is 4. The molecular formula is C15H9F3N4O3. The highest BCUT2D eigenvalue weighted by Crippen LogP contribution is 2.26. The summed E-state index contributed by atoms with van der Waals surface area (Å²) in [5, 5.41) is 16.7. The number of hydrogen-bond donors (Lipinski definition) is 1. The fourth-order valence-electron chi connectivity index (χ4n) is 2.13. The van der Waals surface area contributed by atoms with Crippen molar-refractivity contribution < 1.29 is 27.8 Å². The lowest BCUT2D eigenvalue weighted by Crippen LogP contribution is -2.17. The number of alkyl halides is 3. The number of carbonyl (C=O) groups is 1. The van der Waals surface area contributed by atoms with Gasteiger partial charge in [0.15, 0.2) is 5.69 Å². The molecule has 0 atom stereocenters. The number of halogens is 3. The van der Waals surface area contributed by atoms with Crippen molar-refractivity contribution in [2.24, 2.45) is 0 Å². The summed E-state index contributed by atoms with van der Waals surface area (Å²) in [5.74, 6) is -1.71. The number of pyridine rings is 1. The molecule has 25 heavy (non-hydrogen) atoms. The Balaban J connectivity index is 2.05. The molecule has 2 aromatic heterocycles. The van der Waals surface area contributed by atoms with Crippen molar-refractivity contribution in [3.63, 3.8) is 0 Å². The molecule has 0 saturated carbocycles.